The number of hydrogen-bond acceptors (Lipinski definition) is 3. The molecular weight excluding hydrogens is 204 g/mol. The highest BCUT2D eigenvalue weighted by Gasteiger charge is 2.09. The van der Waals surface area contributed by atoms with Gasteiger partial charge in [-0.2, -0.15) is 0 Å². The lowest BCUT2D eigenvalue weighted by molar-refractivity contribution is 0.162. The summed E-state index contributed by atoms with van der Waals surface area (Å²) >= 11 is 0. The van der Waals surface area contributed by atoms with Crippen molar-refractivity contribution in [3.63, 3.8) is 0 Å². The number of phenols is 2. The molecule has 1 rings (SSSR count). The first-order chi connectivity index (χ1) is 7.63. The Balaban J connectivity index is 2.48. The number of hydrogen-bond donors (Lipinski definition) is 3. The molecule has 0 saturated carbocycles. The minimum Gasteiger partial charge on any atom is -0.508 e. The summed E-state index contributed by atoms with van der Waals surface area (Å²) in [5, 5.41) is 28.4. The van der Waals surface area contributed by atoms with E-state index >= 15 is 0 Å². The van der Waals surface area contributed by atoms with Gasteiger partial charge in [-0.05, 0) is 24.1 Å². The summed E-state index contributed by atoms with van der Waals surface area (Å²) in [4.78, 5) is 0. The third-order valence-electron chi connectivity index (χ3n) is 2.64. The molecule has 16 heavy (non-hydrogen) atoms. The predicted molar refractivity (Wildman–Crippen MR) is 63.5 cm³/mol. The molecule has 90 valence electrons. The maximum atomic E-state index is 9.85. The van der Waals surface area contributed by atoms with Crippen LogP contribution in [0.4, 0.5) is 0 Å². The largest absolute Gasteiger partial charge is 0.508 e. The van der Waals surface area contributed by atoms with Crippen LogP contribution in [0, 0.1) is 0 Å². The molecule has 1 unspecified atom stereocenters. The Hall–Kier alpha value is -1.22. The van der Waals surface area contributed by atoms with E-state index in [-0.39, 0.29) is 11.5 Å². The topological polar surface area (TPSA) is 60.7 Å². The molecule has 0 radical (unpaired) electrons. The summed E-state index contributed by atoms with van der Waals surface area (Å²) in [6.07, 6.45) is 4.49. The molecule has 0 spiro atoms. The minimum atomic E-state index is -0.602. The van der Waals surface area contributed by atoms with E-state index < -0.39 is 6.10 Å². The van der Waals surface area contributed by atoms with Gasteiger partial charge in [0.25, 0.3) is 0 Å². The van der Waals surface area contributed by atoms with Crippen molar-refractivity contribution in [2.45, 2.75) is 45.1 Å². The average molecular weight is 224 g/mol. The quantitative estimate of drug-likeness (QED) is 0.651. The van der Waals surface area contributed by atoms with Crippen molar-refractivity contribution in [1.29, 1.82) is 0 Å². The van der Waals surface area contributed by atoms with Gasteiger partial charge >= 0.3 is 0 Å². The zero-order valence-corrected chi connectivity index (χ0v) is 9.69. The highest BCUT2D eigenvalue weighted by atomic mass is 16.3. The molecule has 0 saturated heterocycles. The number of aliphatic hydroxyl groups excluding tert-OH is 1. The van der Waals surface area contributed by atoms with E-state index in [2.05, 4.69) is 6.92 Å². The van der Waals surface area contributed by atoms with Crippen molar-refractivity contribution in [3.05, 3.63) is 23.8 Å². The smallest absolute Gasteiger partial charge is 0.119 e. The van der Waals surface area contributed by atoms with Crippen molar-refractivity contribution in [2.75, 3.05) is 0 Å². The Kier molecular flexibility index (Phi) is 5.12. The van der Waals surface area contributed by atoms with Crippen LogP contribution in [-0.4, -0.2) is 15.3 Å². The first-order valence-corrected chi connectivity index (χ1v) is 5.84. The van der Waals surface area contributed by atoms with Gasteiger partial charge in [-0.3, -0.25) is 0 Å². The molecular formula is C13H20O3. The maximum absolute atomic E-state index is 9.85. The van der Waals surface area contributed by atoms with Gasteiger partial charge in [-0.15, -0.1) is 0 Å². The summed E-state index contributed by atoms with van der Waals surface area (Å²) < 4.78 is 0. The molecule has 0 heterocycles. The standard InChI is InChI=1S/C13H20O3/c1-2-3-4-5-6-13(16)10-7-11(14)9-12(15)8-10/h7-9,13-16H,2-6H2,1H3. The van der Waals surface area contributed by atoms with E-state index in [4.69, 9.17) is 0 Å². The zero-order chi connectivity index (χ0) is 12.0. The first-order valence-electron chi connectivity index (χ1n) is 5.84. The number of unbranched alkanes of at least 4 members (excludes halogenated alkanes) is 3. The van der Waals surface area contributed by atoms with E-state index in [1.54, 1.807) is 0 Å². The first kappa shape index (κ1) is 12.8. The Bertz CT molecular complexity index is 303. The fourth-order valence-electron chi connectivity index (χ4n) is 1.74. The molecule has 3 heteroatoms. The Morgan fingerprint density at radius 3 is 2.19 bits per heavy atom. The lowest BCUT2D eigenvalue weighted by Gasteiger charge is -2.11. The summed E-state index contributed by atoms with van der Waals surface area (Å²) in [5.41, 5.74) is 0.578. The molecule has 3 N–H and O–H groups in total. The van der Waals surface area contributed by atoms with Crippen molar-refractivity contribution < 1.29 is 15.3 Å². The van der Waals surface area contributed by atoms with E-state index in [0.29, 0.717) is 12.0 Å². The van der Waals surface area contributed by atoms with Gasteiger partial charge in [0.2, 0.25) is 0 Å². The normalized spacial score (nSPS) is 12.6. The third-order valence-corrected chi connectivity index (χ3v) is 2.64. The molecule has 0 fully saturated rings. The van der Waals surface area contributed by atoms with Crippen LogP contribution in [-0.2, 0) is 0 Å². The predicted octanol–water partition coefficient (Wildman–Crippen LogP) is 3.10. The minimum absolute atomic E-state index is 0.0115. The van der Waals surface area contributed by atoms with E-state index in [9.17, 15) is 15.3 Å². The molecule has 0 aliphatic rings. The van der Waals surface area contributed by atoms with Crippen molar-refractivity contribution >= 4 is 0 Å². The SMILES string of the molecule is CCCCCCC(O)c1cc(O)cc(O)c1. The zero-order valence-electron chi connectivity index (χ0n) is 9.69. The average Bonchev–Trinajstić information content (AvgIpc) is 2.22. The third kappa shape index (κ3) is 4.11. The van der Waals surface area contributed by atoms with Gasteiger partial charge in [0, 0.05) is 6.07 Å². The number of rotatable bonds is 6. The molecule has 3 nitrogen and oxygen atoms in total. The van der Waals surface area contributed by atoms with Crippen LogP contribution in [0.2, 0.25) is 0 Å². The fraction of sp³-hybridized carbons (Fsp3) is 0.538. The van der Waals surface area contributed by atoms with Gasteiger partial charge in [0.05, 0.1) is 6.10 Å². The van der Waals surface area contributed by atoms with Gasteiger partial charge in [0.1, 0.15) is 11.5 Å². The molecule has 1 aromatic carbocycles. The lowest BCUT2D eigenvalue weighted by Crippen LogP contribution is -1.97. The highest BCUT2D eigenvalue weighted by molar-refractivity contribution is 5.37. The molecule has 0 aromatic heterocycles. The maximum Gasteiger partial charge on any atom is 0.119 e. The van der Waals surface area contributed by atoms with Gasteiger partial charge in [0.15, 0.2) is 0 Å². The van der Waals surface area contributed by atoms with Gasteiger partial charge in [-0.1, -0.05) is 32.6 Å². The Morgan fingerprint density at radius 2 is 1.62 bits per heavy atom. The monoisotopic (exact) mass is 224 g/mol. The Morgan fingerprint density at radius 1 is 1.00 bits per heavy atom. The van der Waals surface area contributed by atoms with Gasteiger partial charge < -0.3 is 15.3 Å². The van der Waals surface area contributed by atoms with E-state index in [0.717, 1.165) is 12.8 Å². The van der Waals surface area contributed by atoms with Crippen LogP contribution >= 0.6 is 0 Å². The van der Waals surface area contributed by atoms with Crippen molar-refractivity contribution in [1.82, 2.24) is 0 Å². The molecule has 1 aromatic rings. The summed E-state index contributed by atoms with van der Waals surface area (Å²) in [5.74, 6) is -0.0229. The molecule has 0 bridgehead atoms. The number of benzene rings is 1. The van der Waals surface area contributed by atoms with Crippen LogP contribution in [0.3, 0.4) is 0 Å². The lowest BCUT2D eigenvalue weighted by atomic mass is 10.0. The van der Waals surface area contributed by atoms with Crippen molar-refractivity contribution in [3.8, 4) is 11.5 Å². The molecule has 0 aliphatic heterocycles. The molecule has 1 atom stereocenters. The molecule has 0 amide bonds. The number of aromatic hydroxyl groups is 2. The summed E-state index contributed by atoms with van der Waals surface area (Å²) in [7, 11) is 0. The van der Waals surface area contributed by atoms with Crippen LogP contribution in [0.15, 0.2) is 18.2 Å². The van der Waals surface area contributed by atoms with Crippen LogP contribution < -0.4 is 0 Å². The Labute approximate surface area is 96.4 Å². The second-order valence-corrected chi connectivity index (χ2v) is 4.15. The van der Waals surface area contributed by atoms with Gasteiger partial charge in [-0.25, -0.2) is 0 Å². The van der Waals surface area contributed by atoms with Crippen LogP contribution in [0.25, 0.3) is 0 Å². The second-order valence-electron chi connectivity index (χ2n) is 4.15. The molecule has 0 aliphatic carbocycles. The summed E-state index contributed by atoms with van der Waals surface area (Å²) in [6.45, 7) is 2.14. The second kappa shape index (κ2) is 6.38. The highest BCUT2D eigenvalue weighted by Crippen LogP contribution is 2.27. The number of phenolic OH excluding ortho intramolecular Hbond substituents is 2. The summed E-state index contributed by atoms with van der Waals surface area (Å²) in [6, 6.07) is 4.24. The van der Waals surface area contributed by atoms with Crippen molar-refractivity contribution in [2.24, 2.45) is 0 Å². The fourth-order valence-corrected chi connectivity index (χ4v) is 1.74. The van der Waals surface area contributed by atoms with Crippen LogP contribution in [0.1, 0.15) is 50.7 Å². The van der Waals surface area contributed by atoms with Crippen LogP contribution in [0.5, 0.6) is 11.5 Å². The number of aliphatic hydroxyl groups is 1. The van der Waals surface area contributed by atoms with E-state index in [1.807, 2.05) is 0 Å². The van der Waals surface area contributed by atoms with E-state index in [1.165, 1.54) is 31.0 Å².